The van der Waals surface area contributed by atoms with Gasteiger partial charge in [-0.15, -0.1) is 0 Å². The molecule has 2 aromatic carbocycles. The predicted molar refractivity (Wildman–Crippen MR) is 136 cm³/mol. The van der Waals surface area contributed by atoms with Gasteiger partial charge in [-0.05, 0) is 48.7 Å². The first kappa shape index (κ1) is 26.5. The van der Waals surface area contributed by atoms with Gasteiger partial charge < -0.3 is 19.9 Å². The van der Waals surface area contributed by atoms with Crippen molar-refractivity contribution >= 4 is 33.3 Å². The third-order valence-corrected chi connectivity index (χ3v) is 7.20. The second kappa shape index (κ2) is 11.5. The summed E-state index contributed by atoms with van der Waals surface area (Å²) in [6.45, 7) is 8.76. The highest BCUT2D eigenvalue weighted by Gasteiger charge is 2.23. The number of hydrogen-bond acceptors (Lipinski definition) is 7. The fraction of sp³-hybridized carbons (Fsp3) is 0.440. The van der Waals surface area contributed by atoms with Gasteiger partial charge in [-0.2, -0.15) is 0 Å². The van der Waals surface area contributed by atoms with Crippen LogP contribution in [0.1, 0.15) is 42.6 Å². The molecule has 3 rings (SSSR count). The number of amides is 1. The van der Waals surface area contributed by atoms with Crippen LogP contribution < -0.4 is 14.9 Å². The van der Waals surface area contributed by atoms with Crippen molar-refractivity contribution in [3.63, 3.8) is 0 Å². The average Bonchev–Trinajstić information content (AvgIpc) is 2.84. The van der Waals surface area contributed by atoms with E-state index in [4.69, 9.17) is 4.74 Å². The minimum Gasteiger partial charge on any atom is -0.465 e. The molecule has 35 heavy (non-hydrogen) atoms. The summed E-state index contributed by atoms with van der Waals surface area (Å²) in [6, 6.07) is 11.7. The van der Waals surface area contributed by atoms with Crippen LogP contribution in [0.5, 0.6) is 0 Å². The van der Waals surface area contributed by atoms with Crippen molar-refractivity contribution in [2.75, 3.05) is 56.0 Å². The lowest BCUT2D eigenvalue weighted by molar-refractivity contribution is -0.143. The number of likely N-dealkylation sites (N-methyl/N-ethyl adjacent to an activating group) is 1. The Morgan fingerprint density at radius 1 is 1.11 bits per heavy atom. The molecule has 2 aromatic rings. The van der Waals surface area contributed by atoms with Gasteiger partial charge in [0, 0.05) is 38.8 Å². The zero-order chi connectivity index (χ0) is 25.6. The zero-order valence-electron chi connectivity index (χ0n) is 20.7. The number of benzene rings is 2. The molecule has 0 aliphatic carbocycles. The van der Waals surface area contributed by atoms with Gasteiger partial charge in [-0.1, -0.05) is 26.0 Å². The van der Waals surface area contributed by atoms with Crippen LogP contribution in [0.25, 0.3) is 0 Å². The van der Waals surface area contributed by atoms with E-state index >= 15 is 0 Å². The lowest BCUT2D eigenvalue weighted by Gasteiger charge is -2.31. The van der Waals surface area contributed by atoms with Crippen LogP contribution >= 0.6 is 0 Å². The Morgan fingerprint density at radius 3 is 2.37 bits per heavy atom. The molecule has 0 saturated carbocycles. The van der Waals surface area contributed by atoms with E-state index in [2.05, 4.69) is 14.9 Å². The summed E-state index contributed by atoms with van der Waals surface area (Å²) in [6.07, 6.45) is 0. The maximum Gasteiger partial charge on any atom is 0.325 e. The highest BCUT2D eigenvalue weighted by atomic mass is 32.2. The number of carbonyl (C=O) groups excluding carboxylic acids is 2. The first-order valence-electron chi connectivity index (χ1n) is 11.8. The number of piperazine rings is 1. The Hall–Kier alpha value is -3.11. The fourth-order valence-electron chi connectivity index (χ4n) is 3.86. The van der Waals surface area contributed by atoms with Crippen LogP contribution in [0, 0.1) is 0 Å². The third kappa shape index (κ3) is 6.73. The monoisotopic (exact) mass is 502 g/mol. The molecule has 0 spiro atoms. The summed E-state index contributed by atoms with van der Waals surface area (Å²) < 4.78 is 34.1. The Kier molecular flexibility index (Phi) is 8.74. The number of nitrogens with zero attached hydrogens (tertiary/aromatic N) is 2. The number of anilines is 2. The molecule has 1 aliphatic heterocycles. The van der Waals surface area contributed by atoms with Crippen LogP contribution in [-0.4, -0.2) is 71.6 Å². The maximum atomic E-state index is 13.3. The average molecular weight is 503 g/mol. The minimum absolute atomic E-state index is 0.143. The quantitative estimate of drug-likeness (QED) is 0.508. The van der Waals surface area contributed by atoms with Gasteiger partial charge in [0.2, 0.25) is 0 Å². The molecular weight excluding hydrogens is 468 g/mol. The van der Waals surface area contributed by atoms with E-state index in [1.165, 1.54) is 18.0 Å². The van der Waals surface area contributed by atoms with Crippen LogP contribution in [-0.2, 0) is 19.6 Å². The summed E-state index contributed by atoms with van der Waals surface area (Å²) in [7, 11) is -2.39. The smallest absolute Gasteiger partial charge is 0.325 e. The number of ether oxygens (including phenoxy) is 1. The highest BCUT2D eigenvalue weighted by molar-refractivity contribution is 7.92. The first-order chi connectivity index (χ1) is 16.6. The van der Waals surface area contributed by atoms with E-state index in [0.717, 1.165) is 18.7 Å². The molecule has 1 saturated heterocycles. The lowest BCUT2D eigenvalue weighted by atomic mass is 10.0. The molecule has 0 atom stereocenters. The fourth-order valence-corrected chi connectivity index (χ4v) is 4.93. The van der Waals surface area contributed by atoms with E-state index in [-0.39, 0.29) is 29.5 Å². The molecule has 0 bridgehead atoms. The summed E-state index contributed by atoms with van der Waals surface area (Å²) in [4.78, 5) is 28.3. The second-order valence-corrected chi connectivity index (χ2v) is 10.4. The Labute approximate surface area is 207 Å². The van der Waals surface area contributed by atoms with Gasteiger partial charge in [-0.25, -0.2) is 8.42 Å². The van der Waals surface area contributed by atoms with Crippen molar-refractivity contribution < 1.29 is 22.7 Å². The Balaban J connectivity index is 1.93. The van der Waals surface area contributed by atoms with Crippen LogP contribution in [0.2, 0.25) is 0 Å². The molecule has 10 heteroatoms. The normalized spacial score (nSPS) is 14.0. The van der Waals surface area contributed by atoms with E-state index in [0.29, 0.717) is 24.5 Å². The minimum atomic E-state index is -3.90. The van der Waals surface area contributed by atoms with Crippen molar-refractivity contribution in [3.05, 3.63) is 53.6 Å². The molecule has 1 aliphatic rings. The molecule has 190 valence electrons. The van der Waals surface area contributed by atoms with Gasteiger partial charge in [0.1, 0.15) is 6.54 Å². The van der Waals surface area contributed by atoms with Crippen molar-refractivity contribution in [1.82, 2.24) is 10.2 Å². The van der Waals surface area contributed by atoms with Crippen molar-refractivity contribution in [2.24, 2.45) is 0 Å². The zero-order valence-corrected chi connectivity index (χ0v) is 21.5. The number of sulfonamides is 1. The second-order valence-electron chi connectivity index (χ2n) is 8.76. The molecule has 0 aromatic heterocycles. The van der Waals surface area contributed by atoms with E-state index < -0.39 is 21.9 Å². The van der Waals surface area contributed by atoms with Gasteiger partial charge in [0.05, 0.1) is 22.9 Å². The first-order valence-corrected chi connectivity index (χ1v) is 13.2. The molecule has 1 heterocycles. The van der Waals surface area contributed by atoms with Gasteiger partial charge >= 0.3 is 5.97 Å². The summed E-state index contributed by atoms with van der Waals surface area (Å²) in [5, 5.41) is 3.28. The molecular formula is C25H34N4O5S. The van der Waals surface area contributed by atoms with Crippen molar-refractivity contribution in [2.45, 2.75) is 31.6 Å². The predicted octanol–water partition coefficient (Wildman–Crippen LogP) is 2.66. The van der Waals surface area contributed by atoms with Crippen molar-refractivity contribution in [3.8, 4) is 0 Å². The number of hydrogen-bond donors (Lipinski definition) is 2. The van der Waals surface area contributed by atoms with Gasteiger partial charge in [0.25, 0.3) is 15.9 Å². The number of rotatable bonds is 9. The number of nitrogens with one attached hydrogen (secondary N) is 2. The topological polar surface area (TPSA) is 108 Å². The summed E-state index contributed by atoms with van der Waals surface area (Å²) in [5.41, 5.74) is 2.32. The standard InChI is InChI=1S/C25H34N4O5S/c1-5-34-24(30)17-28(4)25(31)20-8-11-23(29-14-12-26-13-15-29)22(16-20)27-35(32,33)21-9-6-19(7-10-21)18(2)3/h6-11,16,18,26-27H,5,12-15,17H2,1-4H3. The van der Waals surface area contributed by atoms with Crippen LogP contribution in [0.3, 0.4) is 0 Å². The molecule has 9 nitrogen and oxygen atoms in total. The van der Waals surface area contributed by atoms with Gasteiger partial charge in [-0.3, -0.25) is 14.3 Å². The largest absolute Gasteiger partial charge is 0.465 e. The molecule has 1 fully saturated rings. The van der Waals surface area contributed by atoms with Crippen LogP contribution in [0.15, 0.2) is 47.4 Å². The third-order valence-electron chi connectivity index (χ3n) is 5.82. The van der Waals surface area contributed by atoms with E-state index in [1.807, 2.05) is 13.8 Å². The Morgan fingerprint density at radius 2 is 1.77 bits per heavy atom. The molecule has 2 N–H and O–H groups in total. The van der Waals surface area contributed by atoms with E-state index in [9.17, 15) is 18.0 Å². The van der Waals surface area contributed by atoms with Crippen LogP contribution in [0.4, 0.5) is 11.4 Å². The number of esters is 1. The van der Waals surface area contributed by atoms with E-state index in [1.54, 1.807) is 43.3 Å². The molecule has 1 amide bonds. The highest BCUT2D eigenvalue weighted by Crippen LogP contribution is 2.30. The Bertz CT molecular complexity index is 1140. The van der Waals surface area contributed by atoms with Gasteiger partial charge in [0.15, 0.2) is 0 Å². The lowest BCUT2D eigenvalue weighted by Crippen LogP contribution is -2.43. The summed E-state index contributed by atoms with van der Waals surface area (Å²) >= 11 is 0. The SMILES string of the molecule is CCOC(=O)CN(C)C(=O)c1ccc(N2CCNCC2)c(NS(=O)(=O)c2ccc(C(C)C)cc2)c1. The maximum absolute atomic E-state index is 13.3. The van der Waals surface area contributed by atoms with Crippen molar-refractivity contribution in [1.29, 1.82) is 0 Å². The number of carbonyl (C=O) groups is 2. The molecule has 0 unspecified atom stereocenters. The molecule has 0 radical (unpaired) electrons. The summed E-state index contributed by atoms with van der Waals surface area (Å²) in [5.74, 6) is -0.633.